The van der Waals surface area contributed by atoms with Gasteiger partial charge in [0, 0.05) is 14.3 Å². The molecule has 0 bridgehead atoms. The summed E-state index contributed by atoms with van der Waals surface area (Å²) in [4.78, 5) is 15.4. The van der Waals surface area contributed by atoms with E-state index in [1.807, 2.05) is 0 Å². The van der Waals surface area contributed by atoms with Crippen molar-refractivity contribution in [3.05, 3.63) is 23.9 Å². The molecule has 0 unspecified atom stereocenters. The van der Waals surface area contributed by atoms with Gasteiger partial charge in [0.2, 0.25) is 0 Å². The van der Waals surface area contributed by atoms with Crippen molar-refractivity contribution in [2.24, 2.45) is 0 Å². The first-order valence-corrected chi connectivity index (χ1v) is 8.98. The topological polar surface area (TPSA) is 65.2 Å². The third-order valence-electron chi connectivity index (χ3n) is 2.11. The van der Waals surface area contributed by atoms with Gasteiger partial charge in [-0.25, -0.2) is 9.78 Å². The molecule has 0 atom stereocenters. The Kier molecular flexibility index (Phi) is 4.06. The SMILES string of the molecule is C[Si](C)(C)CCOC(=O)c1ccc(N)nc1. The summed E-state index contributed by atoms with van der Waals surface area (Å²) in [6.45, 7) is 7.21. The molecule has 5 heteroatoms. The molecule has 2 N–H and O–H groups in total. The molecule has 0 amide bonds. The zero-order valence-electron chi connectivity index (χ0n) is 9.99. The predicted octanol–water partition coefficient (Wildman–Crippen LogP) is 2.16. The van der Waals surface area contributed by atoms with Crippen LogP contribution in [-0.2, 0) is 4.74 Å². The Morgan fingerprint density at radius 3 is 2.62 bits per heavy atom. The van der Waals surface area contributed by atoms with Crippen LogP contribution in [0.4, 0.5) is 5.82 Å². The molecule has 88 valence electrons. The molecule has 0 saturated carbocycles. The minimum absolute atomic E-state index is 0.328. The van der Waals surface area contributed by atoms with Gasteiger partial charge in [-0.15, -0.1) is 0 Å². The third kappa shape index (κ3) is 4.44. The van der Waals surface area contributed by atoms with E-state index >= 15 is 0 Å². The van der Waals surface area contributed by atoms with E-state index in [4.69, 9.17) is 10.5 Å². The highest BCUT2D eigenvalue weighted by Gasteiger charge is 2.14. The molecule has 0 aromatic carbocycles. The molecule has 0 radical (unpaired) electrons. The van der Waals surface area contributed by atoms with E-state index in [1.54, 1.807) is 12.1 Å². The number of pyridine rings is 1. The van der Waals surface area contributed by atoms with Crippen molar-refractivity contribution in [2.75, 3.05) is 12.3 Å². The lowest BCUT2D eigenvalue weighted by Crippen LogP contribution is -2.22. The van der Waals surface area contributed by atoms with Gasteiger partial charge >= 0.3 is 5.97 Å². The number of anilines is 1. The Bertz CT molecular complexity index is 357. The molecule has 0 aliphatic heterocycles. The molecule has 1 heterocycles. The molecule has 16 heavy (non-hydrogen) atoms. The smallest absolute Gasteiger partial charge is 0.339 e. The van der Waals surface area contributed by atoms with Gasteiger partial charge in [0.15, 0.2) is 0 Å². The maximum atomic E-state index is 11.6. The quantitative estimate of drug-likeness (QED) is 0.645. The van der Waals surface area contributed by atoms with Crippen LogP contribution in [-0.4, -0.2) is 25.6 Å². The van der Waals surface area contributed by atoms with Gasteiger partial charge in [-0.05, 0) is 18.2 Å². The van der Waals surface area contributed by atoms with Gasteiger partial charge in [0.25, 0.3) is 0 Å². The van der Waals surface area contributed by atoms with Crippen molar-refractivity contribution in [3.63, 3.8) is 0 Å². The second kappa shape index (κ2) is 5.11. The molecule has 1 aromatic heterocycles. The monoisotopic (exact) mass is 238 g/mol. The van der Waals surface area contributed by atoms with Gasteiger partial charge in [0.1, 0.15) is 5.82 Å². The Morgan fingerprint density at radius 2 is 2.12 bits per heavy atom. The van der Waals surface area contributed by atoms with Gasteiger partial charge in [-0.3, -0.25) is 0 Å². The summed E-state index contributed by atoms with van der Waals surface area (Å²) in [6, 6.07) is 4.19. The maximum absolute atomic E-state index is 11.6. The van der Waals surface area contributed by atoms with E-state index in [9.17, 15) is 4.79 Å². The van der Waals surface area contributed by atoms with Crippen molar-refractivity contribution < 1.29 is 9.53 Å². The average molecular weight is 238 g/mol. The van der Waals surface area contributed by atoms with Crippen molar-refractivity contribution >= 4 is 19.9 Å². The molecular weight excluding hydrogens is 220 g/mol. The normalized spacial score (nSPS) is 11.2. The first-order chi connectivity index (χ1) is 7.38. The van der Waals surface area contributed by atoms with E-state index < -0.39 is 8.07 Å². The first kappa shape index (κ1) is 12.7. The number of carbonyl (C=O) groups is 1. The number of nitrogens with zero attached hydrogens (tertiary/aromatic N) is 1. The molecule has 1 aromatic rings. The number of rotatable bonds is 4. The lowest BCUT2D eigenvalue weighted by atomic mass is 10.3. The molecule has 0 aliphatic carbocycles. The number of hydrogen-bond acceptors (Lipinski definition) is 4. The van der Waals surface area contributed by atoms with Crippen LogP contribution >= 0.6 is 0 Å². The van der Waals surface area contributed by atoms with Crippen LogP contribution < -0.4 is 5.73 Å². The lowest BCUT2D eigenvalue weighted by molar-refractivity contribution is 0.0525. The fourth-order valence-electron chi connectivity index (χ4n) is 1.06. The summed E-state index contributed by atoms with van der Waals surface area (Å²) in [7, 11) is -1.15. The van der Waals surface area contributed by atoms with Crippen LogP contribution in [0, 0.1) is 0 Å². The van der Waals surface area contributed by atoms with Crippen molar-refractivity contribution in [3.8, 4) is 0 Å². The maximum Gasteiger partial charge on any atom is 0.339 e. The molecule has 0 saturated heterocycles. The van der Waals surface area contributed by atoms with Gasteiger partial charge < -0.3 is 10.5 Å². The van der Waals surface area contributed by atoms with Crippen LogP contribution in [0.1, 0.15) is 10.4 Å². The molecule has 0 aliphatic rings. The summed E-state index contributed by atoms with van der Waals surface area (Å²) in [5.41, 5.74) is 5.88. The van der Waals surface area contributed by atoms with Crippen LogP contribution in [0.2, 0.25) is 25.7 Å². The minimum Gasteiger partial charge on any atom is -0.462 e. The van der Waals surface area contributed by atoms with Crippen molar-refractivity contribution in [1.82, 2.24) is 4.98 Å². The van der Waals surface area contributed by atoms with E-state index in [2.05, 4.69) is 24.6 Å². The summed E-state index contributed by atoms with van der Waals surface area (Å²) >= 11 is 0. The van der Waals surface area contributed by atoms with E-state index in [0.29, 0.717) is 18.0 Å². The fraction of sp³-hybridized carbons (Fsp3) is 0.455. The first-order valence-electron chi connectivity index (χ1n) is 5.27. The van der Waals surface area contributed by atoms with E-state index in [0.717, 1.165) is 6.04 Å². The Balaban J connectivity index is 2.44. The Morgan fingerprint density at radius 1 is 1.44 bits per heavy atom. The van der Waals surface area contributed by atoms with E-state index in [1.165, 1.54) is 6.20 Å². The summed E-state index contributed by atoms with van der Waals surface area (Å²) < 4.78 is 5.16. The number of esters is 1. The molecule has 0 spiro atoms. The summed E-state index contributed by atoms with van der Waals surface area (Å²) in [6.07, 6.45) is 1.44. The Hall–Kier alpha value is -1.36. The molecule has 1 rings (SSSR count). The van der Waals surface area contributed by atoms with Gasteiger partial charge in [-0.1, -0.05) is 19.6 Å². The van der Waals surface area contributed by atoms with Crippen molar-refractivity contribution in [2.45, 2.75) is 25.7 Å². The van der Waals surface area contributed by atoms with Crippen molar-refractivity contribution in [1.29, 1.82) is 0 Å². The number of nitrogen functional groups attached to an aromatic ring is 1. The van der Waals surface area contributed by atoms with Crippen LogP contribution in [0.3, 0.4) is 0 Å². The summed E-state index contributed by atoms with van der Waals surface area (Å²) in [5, 5.41) is 0. The van der Waals surface area contributed by atoms with Crippen LogP contribution in [0.5, 0.6) is 0 Å². The van der Waals surface area contributed by atoms with Crippen LogP contribution in [0.25, 0.3) is 0 Å². The number of hydrogen-bond donors (Lipinski definition) is 1. The highest BCUT2D eigenvalue weighted by atomic mass is 28.3. The fourth-order valence-corrected chi connectivity index (χ4v) is 1.77. The highest BCUT2D eigenvalue weighted by molar-refractivity contribution is 6.76. The largest absolute Gasteiger partial charge is 0.462 e. The zero-order chi connectivity index (χ0) is 12.2. The standard InChI is InChI=1S/C11H18N2O2Si/c1-16(2,3)7-6-15-11(14)9-4-5-10(12)13-8-9/h4-5,8H,6-7H2,1-3H3,(H2,12,13). The second-order valence-electron chi connectivity index (χ2n) is 4.92. The highest BCUT2D eigenvalue weighted by Crippen LogP contribution is 2.09. The van der Waals surface area contributed by atoms with E-state index in [-0.39, 0.29) is 5.97 Å². The van der Waals surface area contributed by atoms with Crippen LogP contribution in [0.15, 0.2) is 18.3 Å². The second-order valence-corrected chi connectivity index (χ2v) is 10.5. The number of nitrogens with two attached hydrogens (primary N) is 1. The number of aromatic nitrogens is 1. The van der Waals surface area contributed by atoms with Gasteiger partial charge in [0.05, 0.1) is 12.2 Å². The molecule has 0 fully saturated rings. The third-order valence-corrected chi connectivity index (χ3v) is 3.81. The molecule has 4 nitrogen and oxygen atoms in total. The zero-order valence-corrected chi connectivity index (χ0v) is 11.0. The number of ether oxygens (including phenoxy) is 1. The predicted molar refractivity (Wildman–Crippen MR) is 67.1 cm³/mol. The lowest BCUT2D eigenvalue weighted by Gasteiger charge is -2.15. The molecular formula is C11H18N2O2Si. The Labute approximate surface area is 96.8 Å². The summed E-state index contributed by atoms with van der Waals surface area (Å²) in [5.74, 6) is 0.0735. The minimum atomic E-state index is -1.15. The average Bonchev–Trinajstić information content (AvgIpc) is 2.16. The number of carbonyl (C=O) groups excluding carboxylic acids is 1. The van der Waals surface area contributed by atoms with Gasteiger partial charge in [-0.2, -0.15) is 0 Å².